The predicted molar refractivity (Wildman–Crippen MR) is 102 cm³/mol. The lowest BCUT2D eigenvalue weighted by Crippen LogP contribution is -2.30. The summed E-state index contributed by atoms with van der Waals surface area (Å²) in [6.45, 7) is 4.10. The highest BCUT2D eigenvalue weighted by molar-refractivity contribution is 7.92. The van der Waals surface area contributed by atoms with Crippen molar-refractivity contribution in [1.29, 1.82) is 0 Å². The van der Waals surface area contributed by atoms with Crippen LogP contribution in [0.3, 0.4) is 0 Å². The van der Waals surface area contributed by atoms with Gasteiger partial charge in [-0.25, -0.2) is 12.8 Å². The molecule has 0 saturated carbocycles. The number of benzene rings is 3. The Morgan fingerprint density at radius 3 is 2.08 bits per heavy atom. The van der Waals surface area contributed by atoms with Crippen molar-refractivity contribution in [1.82, 2.24) is 0 Å². The lowest BCUT2D eigenvalue weighted by Gasteiger charge is -2.25. The zero-order valence-corrected chi connectivity index (χ0v) is 15.5. The summed E-state index contributed by atoms with van der Waals surface area (Å²) in [6.07, 6.45) is 0. The maximum atomic E-state index is 13.2. The molecule has 0 N–H and O–H groups in total. The Labute approximate surface area is 153 Å². The van der Waals surface area contributed by atoms with Crippen LogP contribution in [0, 0.1) is 19.7 Å². The molecule has 0 bridgehead atoms. The molecule has 0 aliphatic rings. The Morgan fingerprint density at radius 2 is 1.46 bits per heavy atom. The molecule has 0 aliphatic carbocycles. The van der Waals surface area contributed by atoms with Gasteiger partial charge in [0.15, 0.2) is 0 Å². The molecule has 3 nitrogen and oxygen atoms in total. The minimum absolute atomic E-state index is 0.0630. The molecule has 0 aliphatic heterocycles. The Kier molecular flexibility index (Phi) is 5.09. The lowest BCUT2D eigenvalue weighted by molar-refractivity contribution is 0.589. The van der Waals surface area contributed by atoms with E-state index in [1.54, 1.807) is 12.1 Å². The van der Waals surface area contributed by atoms with Crippen LogP contribution in [-0.4, -0.2) is 8.42 Å². The van der Waals surface area contributed by atoms with Crippen LogP contribution in [0.2, 0.25) is 0 Å². The number of anilines is 1. The van der Waals surface area contributed by atoms with Crippen molar-refractivity contribution in [3.05, 3.63) is 95.3 Å². The third-order valence-corrected chi connectivity index (χ3v) is 6.09. The Balaban J connectivity index is 2.09. The van der Waals surface area contributed by atoms with Gasteiger partial charge >= 0.3 is 0 Å². The maximum Gasteiger partial charge on any atom is 0.264 e. The molecule has 3 rings (SSSR count). The van der Waals surface area contributed by atoms with E-state index in [0.717, 1.165) is 28.8 Å². The lowest BCUT2D eigenvalue weighted by atomic mass is 10.1. The summed E-state index contributed by atoms with van der Waals surface area (Å²) in [5, 5.41) is 0. The molecule has 5 heteroatoms. The van der Waals surface area contributed by atoms with Gasteiger partial charge in [-0.05, 0) is 61.4 Å². The average molecular weight is 369 g/mol. The predicted octanol–water partition coefficient (Wildman–Crippen LogP) is 4.84. The van der Waals surface area contributed by atoms with Crippen LogP contribution in [0.25, 0.3) is 0 Å². The van der Waals surface area contributed by atoms with Gasteiger partial charge < -0.3 is 0 Å². The number of halogens is 1. The number of rotatable bonds is 5. The van der Waals surface area contributed by atoms with Crippen molar-refractivity contribution in [2.24, 2.45) is 0 Å². The highest BCUT2D eigenvalue weighted by Crippen LogP contribution is 2.27. The first-order valence-electron chi connectivity index (χ1n) is 8.27. The van der Waals surface area contributed by atoms with Crippen molar-refractivity contribution < 1.29 is 12.8 Å². The SMILES string of the molecule is Cc1ccc(N(Cc2ccccc2C)S(=O)(=O)c2ccc(F)cc2)cc1. The second kappa shape index (κ2) is 7.30. The van der Waals surface area contributed by atoms with Gasteiger partial charge in [0, 0.05) is 0 Å². The van der Waals surface area contributed by atoms with Gasteiger partial charge in [-0.3, -0.25) is 4.31 Å². The smallest absolute Gasteiger partial charge is 0.262 e. The summed E-state index contributed by atoms with van der Waals surface area (Å²) in [5.74, 6) is -0.468. The summed E-state index contributed by atoms with van der Waals surface area (Å²) in [6, 6.07) is 19.9. The van der Waals surface area contributed by atoms with Crippen LogP contribution in [-0.2, 0) is 16.6 Å². The zero-order valence-electron chi connectivity index (χ0n) is 14.7. The van der Waals surface area contributed by atoms with Gasteiger partial charge in [0.2, 0.25) is 0 Å². The standard InChI is InChI=1S/C21H20FNO2S/c1-16-7-11-20(12-8-16)23(15-18-6-4-3-5-17(18)2)26(24,25)21-13-9-19(22)10-14-21/h3-14H,15H2,1-2H3. The van der Waals surface area contributed by atoms with E-state index in [2.05, 4.69) is 0 Å². The second-order valence-corrected chi connectivity index (χ2v) is 8.09. The van der Waals surface area contributed by atoms with Gasteiger partial charge in [-0.1, -0.05) is 42.0 Å². The van der Waals surface area contributed by atoms with Crippen LogP contribution in [0.4, 0.5) is 10.1 Å². The Hall–Kier alpha value is -2.66. The summed E-state index contributed by atoms with van der Waals surface area (Å²) < 4.78 is 41.1. The largest absolute Gasteiger partial charge is 0.264 e. The van der Waals surface area contributed by atoms with Gasteiger partial charge in [0.1, 0.15) is 5.82 Å². The Bertz CT molecular complexity index is 997. The third-order valence-electron chi connectivity index (χ3n) is 4.30. The minimum atomic E-state index is -3.83. The first kappa shape index (κ1) is 18.1. The van der Waals surface area contributed by atoms with E-state index in [1.165, 1.54) is 16.4 Å². The van der Waals surface area contributed by atoms with Crippen molar-refractivity contribution in [3.8, 4) is 0 Å². The molecule has 0 amide bonds. The van der Waals surface area contributed by atoms with E-state index in [0.29, 0.717) is 5.69 Å². The molecule has 0 spiro atoms. The van der Waals surface area contributed by atoms with Crippen molar-refractivity contribution in [3.63, 3.8) is 0 Å². The van der Waals surface area contributed by atoms with Crippen LogP contribution < -0.4 is 4.31 Å². The molecule has 3 aromatic rings. The first-order chi connectivity index (χ1) is 12.4. The fourth-order valence-corrected chi connectivity index (χ4v) is 4.14. The molecule has 0 radical (unpaired) electrons. The first-order valence-corrected chi connectivity index (χ1v) is 9.71. The molecule has 0 saturated heterocycles. The topological polar surface area (TPSA) is 37.4 Å². The highest BCUT2D eigenvalue weighted by atomic mass is 32.2. The minimum Gasteiger partial charge on any atom is -0.262 e. The summed E-state index contributed by atoms with van der Waals surface area (Å²) in [7, 11) is -3.83. The average Bonchev–Trinajstić information content (AvgIpc) is 2.62. The summed E-state index contributed by atoms with van der Waals surface area (Å²) in [4.78, 5) is 0.0630. The normalized spacial score (nSPS) is 11.3. The molecule has 0 atom stereocenters. The number of nitrogens with zero attached hydrogens (tertiary/aromatic N) is 1. The molecule has 0 fully saturated rings. The van der Waals surface area contributed by atoms with E-state index in [9.17, 15) is 12.8 Å². The van der Waals surface area contributed by atoms with Crippen molar-refractivity contribution >= 4 is 15.7 Å². The van der Waals surface area contributed by atoms with Gasteiger partial charge in [0.05, 0.1) is 17.1 Å². The van der Waals surface area contributed by atoms with Gasteiger partial charge in [-0.15, -0.1) is 0 Å². The van der Waals surface area contributed by atoms with Crippen LogP contribution in [0.15, 0.2) is 77.7 Å². The fraction of sp³-hybridized carbons (Fsp3) is 0.143. The molecular formula is C21H20FNO2S. The zero-order chi connectivity index (χ0) is 18.7. The van der Waals surface area contributed by atoms with Crippen LogP contribution in [0.5, 0.6) is 0 Å². The van der Waals surface area contributed by atoms with Gasteiger partial charge in [-0.2, -0.15) is 0 Å². The monoisotopic (exact) mass is 369 g/mol. The highest BCUT2D eigenvalue weighted by Gasteiger charge is 2.25. The number of aryl methyl sites for hydroxylation is 2. The molecule has 26 heavy (non-hydrogen) atoms. The maximum absolute atomic E-state index is 13.2. The molecule has 0 aromatic heterocycles. The number of sulfonamides is 1. The summed E-state index contributed by atoms with van der Waals surface area (Å²) in [5.41, 5.74) is 3.55. The molecule has 3 aromatic carbocycles. The second-order valence-electron chi connectivity index (χ2n) is 6.23. The van der Waals surface area contributed by atoms with E-state index < -0.39 is 15.8 Å². The third kappa shape index (κ3) is 3.78. The summed E-state index contributed by atoms with van der Waals surface area (Å²) >= 11 is 0. The molecule has 0 unspecified atom stereocenters. The quantitative estimate of drug-likeness (QED) is 0.645. The van der Waals surface area contributed by atoms with Crippen LogP contribution in [0.1, 0.15) is 16.7 Å². The van der Waals surface area contributed by atoms with E-state index in [-0.39, 0.29) is 11.4 Å². The van der Waals surface area contributed by atoms with Crippen LogP contribution >= 0.6 is 0 Å². The molecule has 134 valence electrons. The molecular weight excluding hydrogens is 349 g/mol. The van der Waals surface area contributed by atoms with E-state index in [1.807, 2.05) is 50.2 Å². The number of hydrogen-bond donors (Lipinski definition) is 0. The van der Waals surface area contributed by atoms with E-state index >= 15 is 0 Å². The van der Waals surface area contributed by atoms with Crippen molar-refractivity contribution in [2.75, 3.05) is 4.31 Å². The number of hydrogen-bond acceptors (Lipinski definition) is 2. The Morgan fingerprint density at radius 1 is 0.846 bits per heavy atom. The van der Waals surface area contributed by atoms with Gasteiger partial charge in [0.25, 0.3) is 10.0 Å². The van der Waals surface area contributed by atoms with Crippen molar-refractivity contribution in [2.45, 2.75) is 25.3 Å². The fourth-order valence-electron chi connectivity index (χ4n) is 2.70. The van der Waals surface area contributed by atoms with E-state index in [4.69, 9.17) is 0 Å². The molecule has 0 heterocycles.